The predicted molar refractivity (Wildman–Crippen MR) is 126 cm³/mol. The molecule has 1 N–H and O–H groups in total. The van der Waals surface area contributed by atoms with Crippen molar-refractivity contribution < 1.29 is 9.59 Å². The van der Waals surface area contributed by atoms with E-state index in [0.717, 1.165) is 11.3 Å². The van der Waals surface area contributed by atoms with Gasteiger partial charge in [0.15, 0.2) is 0 Å². The van der Waals surface area contributed by atoms with E-state index in [1.165, 1.54) is 16.7 Å². The Morgan fingerprint density at radius 3 is 2.27 bits per heavy atom. The second-order valence-electron chi connectivity index (χ2n) is 8.90. The Morgan fingerprint density at radius 1 is 1.00 bits per heavy atom. The van der Waals surface area contributed by atoms with Crippen LogP contribution >= 0.6 is 11.8 Å². The minimum absolute atomic E-state index is 0.0233. The zero-order valence-corrected chi connectivity index (χ0v) is 19.8. The summed E-state index contributed by atoms with van der Waals surface area (Å²) in [5.41, 5.74) is 4.27. The van der Waals surface area contributed by atoms with Crippen molar-refractivity contribution in [3.05, 3.63) is 70.8 Å². The van der Waals surface area contributed by atoms with Crippen LogP contribution in [0, 0.1) is 13.8 Å². The lowest BCUT2D eigenvalue weighted by atomic mass is 10.1. The molecule has 30 heavy (non-hydrogen) atoms. The van der Waals surface area contributed by atoms with Crippen molar-refractivity contribution in [2.24, 2.45) is 0 Å². The van der Waals surface area contributed by atoms with E-state index in [1.807, 2.05) is 58.0 Å². The number of carbonyl (C=O) groups excluding carboxylic acids is 2. The number of nitrogens with zero attached hydrogens (tertiary/aromatic N) is 1. The van der Waals surface area contributed by atoms with Gasteiger partial charge < -0.3 is 10.2 Å². The number of hydrogen-bond acceptors (Lipinski definition) is 3. The van der Waals surface area contributed by atoms with Crippen molar-refractivity contribution in [2.45, 2.75) is 65.4 Å². The van der Waals surface area contributed by atoms with E-state index in [-0.39, 0.29) is 17.4 Å². The van der Waals surface area contributed by atoms with Gasteiger partial charge in [0.1, 0.15) is 6.04 Å². The van der Waals surface area contributed by atoms with E-state index < -0.39 is 6.04 Å². The third kappa shape index (κ3) is 7.86. The molecule has 5 heteroatoms. The van der Waals surface area contributed by atoms with Crippen LogP contribution in [-0.2, 0) is 21.9 Å². The van der Waals surface area contributed by atoms with Gasteiger partial charge >= 0.3 is 0 Å². The number of benzene rings is 2. The third-order valence-electron chi connectivity index (χ3n) is 4.72. The van der Waals surface area contributed by atoms with E-state index in [2.05, 4.69) is 30.4 Å². The monoisotopic (exact) mass is 426 g/mol. The van der Waals surface area contributed by atoms with E-state index >= 15 is 0 Å². The molecule has 2 aromatic rings. The maximum atomic E-state index is 13.1. The minimum atomic E-state index is -0.544. The van der Waals surface area contributed by atoms with Crippen LogP contribution in [0.3, 0.4) is 0 Å². The summed E-state index contributed by atoms with van der Waals surface area (Å²) in [6.07, 6.45) is 0. The Morgan fingerprint density at radius 2 is 1.67 bits per heavy atom. The van der Waals surface area contributed by atoms with Gasteiger partial charge in [-0.05, 0) is 52.7 Å². The molecular weight excluding hydrogens is 392 g/mol. The summed E-state index contributed by atoms with van der Waals surface area (Å²) in [6, 6.07) is 15.9. The molecule has 0 saturated heterocycles. The summed E-state index contributed by atoms with van der Waals surface area (Å²) in [5, 5.41) is 3.00. The van der Waals surface area contributed by atoms with Gasteiger partial charge in [0.05, 0.1) is 5.75 Å². The molecular formula is C25H34N2O2S. The Hall–Kier alpha value is -2.27. The van der Waals surface area contributed by atoms with Gasteiger partial charge in [0, 0.05) is 17.8 Å². The smallest absolute Gasteiger partial charge is 0.242 e. The van der Waals surface area contributed by atoms with Gasteiger partial charge in [0.25, 0.3) is 0 Å². The minimum Gasteiger partial charge on any atom is -0.350 e. The Bertz CT molecular complexity index is 856. The number of thioether (sulfide) groups is 1. The quantitative estimate of drug-likeness (QED) is 0.655. The summed E-state index contributed by atoms with van der Waals surface area (Å²) in [6.45, 7) is 12.2. The standard InChI is InChI=1S/C25H34N2O2S/c1-18-10-12-21(13-11-18)15-27(20(3)24(29)26-25(4,5)6)23(28)17-30-16-22-9-7-8-19(2)14-22/h7-14,20H,15-17H2,1-6H3,(H,26,29). The predicted octanol–water partition coefficient (Wildman–Crippen LogP) is 4.87. The van der Waals surface area contributed by atoms with Gasteiger partial charge in [-0.3, -0.25) is 9.59 Å². The van der Waals surface area contributed by atoms with Gasteiger partial charge in [-0.2, -0.15) is 0 Å². The number of carbonyl (C=O) groups is 2. The fourth-order valence-electron chi connectivity index (χ4n) is 3.09. The van der Waals surface area contributed by atoms with Crippen molar-refractivity contribution in [1.29, 1.82) is 0 Å². The molecule has 0 radical (unpaired) electrons. The van der Waals surface area contributed by atoms with Gasteiger partial charge in [-0.15, -0.1) is 11.8 Å². The van der Waals surface area contributed by atoms with Crippen molar-refractivity contribution in [3.63, 3.8) is 0 Å². The lowest BCUT2D eigenvalue weighted by Gasteiger charge is -2.31. The van der Waals surface area contributed by atoms with Crippen molar-refractivity contribution in [2.75, 3.05) is 5.75 Å². The fourth-order valence-corrected chi connectivity index (χ4v) is 3.95. The maximum Gasteiger partial charge on any atom is 0.242 e. The highest BCUT2D eigenvalue weighted by Crippen LogP contribution is 2.17. The molecule has 0 bridgehead atoms. The van der Waals surface area contributed by atoms with Crippen molar-refractivity contribution in [3.8, 4) is 0 Å². The molecule has 1 unspecified atom stereocenters. The molecule has 4 nitrogen and oxygen atoms in total. The normalized spacial score (nSPS) is 12.3. The van der Waals surface area contributed by atoms with Crippen LogP contribution < -0.4 is 5.32 Å². The Labute approximate surface area is 185 Å². The number of nitrogens with one attached hydrogen (secondary N) is 1. The molecule has 2 aromatic carbocycles. The highest BCUT2D eigenvalue weighted by Gasteiger charge is 2.28. The van der Waals surface area contributed by atoms with E-state index in [1.54, 1.807) is 23.6 Å². The summed E-state index contributed by atoms with van der Waals surface area (Å²) < 4.78 is 0. The lowest BCUT2D eigenvalue weighted by molar-refractivity contribution is -0.139. The van der Waals surface area contributed by atoms with Gasteiger partial charge in [-0.1, -0.05) is 59.7 Å². The zero-order valence-electron chi connectivity index (χ0n) is 19.0. The molecule has 162 valence electrons. The molecule has 0 aliphatic carbocycles. The molecule has 0 fully saturated rings. The van der Waals surface area contributed by atoms with Crippen LogP contribution in [0.4, 0.5) is 0 Å². The first kappa shape index (κ1) is 24.0. The van der Waals surface area contributed by atoms with Crippen molar-refractivity contribution >= 4 is 23.6 Å². The van der Waals surface area contributed by atoms with E-state index in [4.69, 9.17) is 0 Å². The molecule has 0 aromatic heterocycles. The number of hydrogen-bond donors (Lipinski definition) is 1. The lowest BCUT2D eigenvalue weighted by Crippen LogP contribution is -2.52. The Balaban J connectivity index is 2.09. The number of aryl methyl sites for hydroxylation is 2. The van der Waals surface area contributed by atoms with Crippen LogP contribution in [0.5, 0.6) is 0 Å². The second kappa shape index (κ2) is 10.7. The topological polar surface area (TPSA) is 49.4 Å². The molecule has 0 aliphatic rings. The highest BCUT2D eigenvalue weighted by atomic mass is 32.2. The fraction of sp³-hybridized carbons (Fsp3) is 0.440. The summed E-state index contributed by atoms with van der Waals surface area (Å²) in [5.74, 6) is 0.956. The van der Waals surface area contributed by atoms with Crippen molar-refractivity contribution in [1.82, 2.24) is 10.2 Å². The summed E-state index contributed by atoms with van der Waals surface area (Å²) in [4.78, 5) is 27.6. The van der Waals surface area contributed by atoms with Gasteiger partial charge in [0.2, 0.25) is 11.8 Å². The molecule has 2 amide bonds. The summed E-state index contributed by atoms with van der Waals surface area (Å²) >= 11 is 1.58. The van der Waals surface area contributed by atoms with Crippen LogP contribution in [0.2, 0.25) is 0 Å². The first-order valence-electron chi connectivity index (χ1n) is 10.4. The SMILES string of the molecule is Cc1ccc(CN(C(=O)CSCc2cccc(C)c2)C(C)C(=O)NC(C)(C)C)cc1. The Kier molecular flexibility index (Phi) is 8.54. The van der Waals surface area contributed by atoms with E-state index in [9.17, 15) is 9.59 Å². The molecule has 1 atom stereocenters. The van der Waals surface area contributed by atoms with Crippen LogP contribution in [-0.4, -0.2) is 34.0 Å². The van der Waals surface area contributed by atoms with Crippen LogP contribution in [0.25, 0.3) is 0 Å². The summed E-state index contributed by atoms with van der Waals surface area (Å²) in [7, 11) is 0. The number of amides is 2. The third-order valence-corrected chi connectivity index (χ3v) is 5.70. The molecule has 0 heterocycles. The van der Waals surface area contributed by atoms with Gasteiger partial charge in [-0.25, -0.2) is 0 Å². The zero-order chi connectivity index (χ0) is 22.3. The largest absolute Gasteiger partial charge is 0.350 e. The molecule has 2 rings (SSSR count). The maximum absolute atomic E-state index is 13.1. The van der Waals surface area contributed by atoms with Crippen LogP contribution in [0.15, 0.2) is 48.5 Å². The average Bonchev–Trinajstić information content (AvgIpc) is 2.65. The first-order chi connectivity index (χ1) is 14.0. The second-order valence-corrected chi connectivity index (χ2v) is 9.89. The van der Waals surface area contributed by atoms with Crippen LogP contribution in [0.1, 0.15) is 49.9 Å². The average molecular weight is 427 g/mol. The first-order valence-corrected chi connectivity index (χ1v) is 11.5. The molecule has 0 saturated carbocycles. The molecule has 0 spiro atoms. The van der Waals surface area contributed by atoms with E-state index in [0.29, 0.717) is 12.3 Å². The molecule has 0 aliphatic heterocycles. The highest BCUT2D eigenvalue weighted by molar-refractivity contribution is 7.99. The number of rotatable bonds is 8.